The predicted molar refractivity (Wildman–Crippen MR) is 67.6 cm³/mol. The largest absolute Gasteiger partial charge is 0.508 e. The number of carbonyl (C=O) groups is 1. The maximum Gasteiger partial charge on any atom is 0.354 e. The van der Waals surface area contributed by atoms with Gasteiger partial charge in [-0.05, 0) is 24.3 Å². The summed E-state index contributed by atoms with van der Waals surface area (Å²) in [6.45, 7) is 0.528. The highest BCUT2D eigenvalue weighted by molar-refractivity contribution is 5.87. The highest BCUT2D eigenvalue weighted by Gasteiger charge is 2.07. The van der Waals surface area contributed by atoms with Gasteiger partial charge in [-0.2, -0.15) is 0 Å². The monoisotopic (exact) mass is 246 g/mol. The molecule has 3 N–H and O–H groups in total. The number of hydrogen-bond acceptors (Lipinski definition) is 4. The number of aromatic amines is 1. The van der Waals surface area contributed by atoms with Crippen LogP contribution >= 0.6 is 0 Å². The first-order valence-electron chi connectivity index (χ1n) is 5.48. The van der Waals surface area contributed by atoms with Crippen molar-refractivity contribution in [1.29, 1.82) is 0 Å². The molecule has 2 aromatic rings. The number of phenolic OH excluding ortho intramolecular Hbond substituents is 1. The summed E-state index contributed by atoms with van der Waals surface area (Å²) in [4.78, 5) is 14.2. The average molecular weight is 246 g/mol. The van der Waals surface area contributed by atoms with E-state index in [1.807, 2.05) is 12.1 Å². The van der Waals surface area contributed by atoms with Crippen LogP contribution in [-0.2, 0) is 11.3 Å². The third kappa shape index (κ3) is 2.82. The fourth-order valence-corrected chi connectivity index (χ4v) is 1.59. The molecule has 0 unspecified atom stereocenters. The smallest absolute Gasteiger partial charge is 0.354 e. The number of H-pyrrole nitrogens is 1. The first-order chi connectivity index (χ1) is 8.69. The number of ether oxygens (including phenoxy) is 1. The first kappa shape index (κ1) is 12.0. The highest BCUT2D eigenvalue weighted by Crippen LogP contribution is 2.16. The lowest BCUT2D eigenvalue weighted by atomic mass is 10.3. The molecule has 0 amide bonds. The van der Waals surface area contributed by atoms with E-state index in [0.717, 1.165) is 11.4 Å². The molecule has 0 aliphatic carbocycles. The second-order valence-corrected chi connectivity index (χ2v) is 3.79. The molecule has 5 heteroatoms. The van der Waals surface area contributed by atoms with Gasteiger partial charge in [0.25, 0.3) is 0 Å². The summed E-state index contributed by atoms with van der Waals surface area (Å²) in [5.74, 6) is -0.180. The van der Waals surface area contributed by atoms with Crippen molar-refractivity contribution in [1.82, 2.24) is 4.98 Å². The Hall–Kier alpha value is -2.43. The van der Waals surface area contributed by atoms with Crippen molar-refractivity contribution in [3.05, 3.63) is 47.8 Å². The molecule has 0 aliphatic heterocycles. The van der Waals surface area contributed by atoms with Crippen LogP contribution in [0.2, 0.25) is 0 Å². The van der Waals surface area contributed by atoms with Gasteiger partial charge >= 0.3 is 5.97 Å². The second-order valence-electron chi connectivity index (χ2n) is 3.79. The van der Waals surface area contributed by atoms with E-state index < -0.39 is 5.97 Å². The van der Waals surface area contributed by atoms with Gasteiger partial charge in [0.05, 0.1) is 13.7 Å². The third-order valence-electron chi connectivity index (χ3n) is 2.48. The van der Waals surface area contributed by atoms with E-state index >= 15 is 0 Å². The van der Waals surface area contributed by atoms with Crippen LogP contribution in [0.5, 0.6) is 5.75 Å². The third-order valence-corrected chi connectivity index (χ3v) is 2.48. The number of aromatic hydroxyl groups is 1. The number of anilines is 1. The van der Waals surface area contributed by atoms with Crippen LogP contribution in [0.15, 0.2) is 36.4 Å². The average Bonchev–Trinajstić information content (AvgIpc) is 2.84. The normalized spacial score (nSPS) is 10.1. The van der Waals surface area contributed by atoms with E-state index in [9.17, 15) is 9.90 Å². The number of rotatable bonds is 4. The predicted octanol–water partition coefficient (Wildman–Crippen LogP) is 2.12. The summed E-state index contributed by atoms with van der Waals surface area (Å²) < 4.78 is 4.60. The molecule has 94 valence electrons. The lowest BCUT2D eigenvalue weighted by Gasteiger charge is -2.05. The summed E-state index contributed by atoms with van der Waals surface area (Å²) in [6, 6.07) is 10.3. The van der Waals surface area contributed by atoms with Crippen molar-refractivity contribution in [2.45, 2.75) is 6.54 Å². The number of esters is 1. The Kier molecular flexibility index (Phi) is 3.52. The van der Waals surface area contributed by atoms with Gasteiger partial charge < -0.3 is 20.1 Å². The number of methoxy groups -OCH3 is 1. The Bertz CT molecular complexity index is 549. The zero-order valence-corrected chi connectivity index (χ0v) is 9.93. The maximum atomic E-state index is 11.2. The summed E-state index contributed by atoms with van der Waals surface area (Å²) in [5.41, 5.74) is 2.09. The minimum absolute atomic E-state index is 0.210. The number of carbonyl (C=O) groups excluding carboxylic acids is 1. The molecule has 2 rings (SSSR count). The molecule has 0 bridgehead atoms. The van der Waals surface area contributed by atoms with E-state index in [-0.39, 0.29) is 5.75 Å². The molecule has 0 spiro atoms. The lowest BCUT2D eigenvalue weighted by molar-refractivity contribution is 0.0594. The van der Waals surface area contributed by atoms with E-state index in [4.69, 9.17) is 0 Å². The second kappa shape index (κ2) is 5.27. The van der Waals surface area contributed by atoms with Crippen molar-refractivity contribution in [2.24, 2.45) is 0 Å². The molecular weight excluding hydrogens is 232 g/mol. The van der Waals surface area contributed by atoms with Crippen LogP contribution in [0.1, 0.15) is 16.2 Å². The first-order valence-corrected chi connectivity index (χ1v) is 5.48. The van der Waals surface area contributed by atoms with Gasteiger partial charge in [-0.15, -0.1) is 0 Å². The fourth-order valence-electron chi connectivity index (χ4n) is 1.59. The molecule has 0 saturated carbocycles. The van der Waals surface area contributed by atoms with E-state index in [1.54, 1.807) is 24.3 Å². The summed E-state index contributed by atoms with van der Waals surface area (Å²) in [6.07, 6.45) is 0. The van der Waals surface area contributed by atoms with Gasteiger partial charge in [0.15, 0.2) is 0 Å². The van der Waals surface area contributed by atoms with E-state index in [0.29, 0.717) is 12.2 Å². The Morgan fingerprint density at radius 3 is 2.94 bits per heavy atom. The molecular formula is C13H14N2O3. The van der Waals surface area contributed by atoms with Crippen LogP contribution in [0, 0.1) is 0 Å². The summed E-state index contributed by atoms with van der Waals surface area (Å²) in [5, 5.41) is 12.4. The van der Waals surface area contributed by atoms with Crippen LogP contribution in [-0.4, -0.2) is 23.2 Å². The van der Waals surface area contributed by atoms with Crippen molar-refractivity contribution in [3.8, 4) is 5.75 Å². The van der Waals surface area contributed by atoms with Crippen LogP contribution in [0.25, 0.3) is 0 Å². The number of nitrogens with one attached hydrogen (secondary N) is 2. The Balaban J connectivity index is 1.98. The number of hydrogen-bond donors (Lipinski definition) is 3. The van der Waals surface area contributed by atoms with Gasteiger partial charge in [0.1, 0.15) is 11.4 Å². The van der Waals surface area contributed by atoms with Crippen molar-refractivity contribution < 1.29 is 14.6 Å². The minimum atomic E-state index is -0.390. The number of phenols is 1. The highest BCUT2D eigenvalue weighted by atomic mass is 16.5. The van der Waals surface area contributed by atoms with Crippen molar-refractivity contribution >= 4 is 11.7 Å². The van der Waals surface area contributed by atoms with Gasteiger partial charge in [-0.25, -0.2) is 4.79 Å². The Morgan fingerprint density at radius 2 is 2.22 bits per heavy atom. The van der Waals surface area contributed by atoms with Gasteiger partial charge in [-0.3, -0.25) is 0 Å². The molecule has 0 radical (unpaired) electrons. The van der Waals surface area contributed by atoms with Gasteiger partial charge in [0.2, 0.25) is 0 Å². The number of benzene rings is 1. The van der Waals surface area contributed by atoms with Gasteiger partial charge in [-0.1, -0.05) is 6.07 Å². The molecule has 1 aromatic carbocycles. The fraction of sp³-hybridized carbons (Fsp3) is 0.154. The van der Waals surface area contributed by atoms with E-state index in [2.05, 4.69) is 15.0 Å². The SMILES string of the molecule is COC(=O)c1ccc(CNc2cccc(O)c2)[nH]1. The van der Waals surface area contributed by atoms with Crippen molar-refractivity contribution in [2.75, 3.05) is 12.4 Å². The Morgan fingerprint density at radius 1 is 1.39 bits per heavy atom. The van der Waals surface area contributed by atoms with Crippen molar-refractivity contribution in [3.63, 3.8) is 0 Å². The summed E-state index contributed by atoms with van der Waals surface area (Å²) >= 11 is 0. The summed E-state index contributed by atoms with van der Waals surface area (Å²) in [7, 11) is 1.34. The molecule has 1 aromatic heterocycles. The maximum absolute atomic E-state index is 11.2. The molecule has 0 saturated heterocycles. The standard InChI is InChI=1S/C13H14N2O3/c1-18-13(17)12-6-5-10(15-12)8-14-9-3-2-4-11(16)7-9/h2-7,14-16H,8H2,1H3. The number of aromatic nitrogens is 1. The molecule has 5 nitrogen and oxygen atoms in total. The Labute approximate surface area is 104 Å². The molecule has 1 heterocycles. The van der Waals surface area contributed by atoms with Crippen LogP contribution in [0.3, 0.4) is 0 Å². The minimum Gasteiger partial charge on any atom is -0.508 e. The topological polar surface area (TPSA) is 74.3 Å². The van der Waals surface area contributed by atoms with E-state index in [1.165, 1.54) is 7.11 Å². The molecule has 18 heavy (non-hydrogen) atoms. The van der Waals surface area contributed by atoms with Crippen LogP contribution in [0.4, 0.5) is 5.69 Å². The molecule has 0 fully saturated rings. The zero-order chi connectivity index (χ0) is 13.0. The molecule has 0 atom stereocenters. The zero-order valence-electron chi connectivity index (χ0n) is 9.93. The van der Waals surface area contributed by atoms with Crippen LogP contribution < -0.4 is 5.32 Å². The lowest BCUT2D eigenvalue weighted by Crippen LogP contribution is -2.03. The quantitative estimate of drug-likeness (QED) is 0.722. The molecule has 0 aliphatic rings. The van der Waals surface area contributed by atoms with Gasteiger partial charge in [0, 0.05) is 17.4 Å².